The summed E-state index contributed by atoms with van der Waals surface area (Å²) in [7, 11) is -3.48. The number of aliphatic carboxylic acids is 1. The summed E-state index contributed by atoms with van der Waals surface area (Å²) in [5.74, 6) is -1.01. The number of hydrogen-bond acceptors (Lipinski definition) is 5. The van der Waals surface area contributed by atoms with Crippen molar-refractivity contribution in [2.45, 2.75) is 24.8 Å². The van der Waals surface area contributed by atoms with Crippen LogP contribution in [0.4, 0.5) is 5.69 Å². The average molecular weight is 316 g/mol. The molecule has 8 heteroatoms. The SMILES string of the molecule is CC(C)NS(=O)(=O)c1ccc(NCCOCC(=O)O)cc1. The molecule has 1 aromatic rings. The van der Waals surface area contributed by atoms with E-state index >= 15 is 0 Å². The molecule has 3 N–H and O–H groups in total. The van der Waals surface area contributed by atoms with Gasteiger partial charge in [-0.05, 0) is 38.1 Å². The number of anilines is 1. The van der Waals surface area contributed by atoms with Crippen LogP contribution in [-0.4, -0.2) is 45.3 Å². The van der Waals surface area contributed by atoms with Crippen LogP contribution >= 0.6 is 0 Å². The second-order valence-electron chi connectivity index (χ2n) is 4.67. The molecule has 0 fully saturated rings. The Labute approximate surface area is 124 Å². The van der Waals surface area contributed by atoms with Gasteiger partial charge in [-0.25, -0.2) is 17.9 Å². The van der Waals surface area contributed by atoms with E-state index in [4.69, 9.17) is 9.84 Å². The van der Waals surface area contributed by atoms with E-state index in [0.717, 1.165) is 5.69 Å². The van der Waals surface area contributed by atoms with Crippen molar-refractivity contribution in [2.24, 2.45) is 0 Å². The first-order valence-corrected chi connectivity index (χ1v) is 7.95. The summed E-state index contributed by atoms with van der Waals surface area (Å²) in [5.41, 5.74) is 0.734. The predicted octanol–water partition coefficient (Wildman–Crippen LogP) is 0.886. The molecule has 0 saturated heterocycles. The van der Waals surface area contributed by atoms with Crippen molar-refractivity contribution in [2.75, 3.05) is 25.1 Å². The summed E-state index contributed by atoms with van der Waals surface area (Å²) >= 11 is 0. The maximum Gasteiger partial charge on any atom is 0.329 e. The number of carboxylic acid groups (broad SMARTS) is 1. The molecule has 0 aliphatic heterocycles. The third-order valence-corrected chi connectivity index (χ3v) is 4.03. The number of carboxylic acids is 1. The third kappa shape index (κ3) is 6.56. The van der Waals surface area contributed by atoms with Crippen LogP contribution < -0.4 is 10.0 Å². The minimum absolute atomic E-state index is 0.167. The Morgan fingerprint density at radius 1 is 1.29 bits per heavy atom. The number of ether oxygens (including phenoxy) is 1. The van der Waals surface area contributed by atoms with Gasteiger partial charge in [0.05, 0.1) is 11.5 Å². The van der Waals surface area contributed by atoms with Crippen molar-refractivity contribution >= 4 is 21.7 Å². The van der Waals surface area contributed by atoms with E-state index in [0.29, 0.717) is 6.54 Å². The van der Waals surface area contributed by atoms with Gasteiger partial charge in [0.1, 0.15) is 6.61 Å². The molecule has 0 amide bonds. The van der Waals surface area contributed by atoms with Crippen LogP contribution in [0.2, 0.25) is 0 Å². The van der Waals surface area contributed by atoms with Gasteiger partial charge in [-0.15, -0.1) is 0 Å². The van der Waals surface area contributed by atoms with Crippen molar-refractivity contribution in [3.05, 3.63) is 24.3 Å². The quantitative estimate of drug-likeness (QED) is 0.584. The van der Waals surface area contributed by atoms with Crippen molar-refractivity contribution in [3.63, 3.8) is 0 Å². The molecule has 0 aliphatic carbocycles. The predicted molar refractivity (Wildman–Crippen MR) is 78.8 cm³/mol. The third-order valence-electron chi connectivity index (χ3n) is 2.36. The number of carbonyl (C=O) groups is 1. The smallest absolute Gasteiger partial charge is 0.329 e. The summed E-state index contributed by atoms with van der Waals surface area (Å²) in [6, 6.07) is 6.13. The zero-order valence-corrected chi connectivity index (χ0v) is 12.8. The number of nitrogens with one attached hydrogen (secondary N) is 2. The van der Waals surface area contributed by atoms with Crippen molar-refractivity contribution in [1.82, 2.24) is 4.72 Å². The van der Waals surface area contributed by atoms with Gasteiger partial charge in [-0.2, -0.15) is 0 Å². The molecule has 7 nitrogen and oxygen atoms in total. The summed E-state index contributed by atoms with van der Waals surface area (Å²) in [4.78, 5) is 10.4. The molecule has 0 saturated carbocycles. The zero-order valence-electron chi connectivity index (χ0n) is 12.0. The van der Waals surface area contributed by atoms with Crippen LogP contribution in [0.1, 0.15) is 13.8 Å². The second-order valence-corrected chi connectivity index (χ2v) is 6.39. The van der Waals surface area contributed by atoms with Gasteiger partial charge in [-0.3, -0.25) is 0 Å². The van der Waals surface area contributed by atoms with Gasteiger partial charge in [0.15, 0.2) is 0 Å². The van der Waals surface area contributed by atoms with Crippen LogP contribution in [0.3, 0.4) is 0 Å². The molecule has 0 radical (unpaired) electrons. The molecular formula is C13H20N2O5S. The highest BCUT2D eigenvalue weighted by atomic mass is 32.2. The maximum absolute atomic E-state index is 11.9. The summed E-state index contributed by atoms with van der Waals surface area (Å²) < 4.78 is 31.2. The largest absolute Gasteiger partial charge is 0.480 e. The lowest BCUT2D eigenvalue weighted by atomic mass is 10.3. The molecule has 21 heavy (non-hydrogen) atoms. The lowest BCUT2D eigenvalue weighted by molar-refractivity contribution is -0.142. The maximum atomic E-state index is 11.9. The van der Waals surface area contributed by atoms with Crippen molar-refractivity contribution in [3.8, 4) is 0 Å². The molecule has 0 unspecified atom stereocenters. The Hall–Kier alpha value is -1.64. The van der Waals surface area contributed by atoms with Crippen LogP contribution in [0.25, 0.3) is 0 Å². The lowest BCUT2D eigenvalue weighted by Gasteiger charge is -2.11. The first-order chi connectivity index (χ1) is 9.81. The van der Waals surface area contributed by atoms with Gasteiger partial charge in [-0.1, -0.05) is 0 Å². The van der Waals surface area contributed by atoms with Crippen LogP contribution in [0.15, 0.2) is 29.2 Å². The lowest BCUT2D eigenvalue weighted by Crippen LogP contribution is -2.30. The van der Waals surface area contributed by atoms with E-state index in [-0.39, 0.29) is 24.2 Å². The average Bonchev–Trinajstić information content (AvgIpc) is 2.37. The Morgan fingerprint density at radius 3 is 2.43 bits per heavy atom. The van der Waals surface area contributed by atoms with E-state index in [1.165, 1.54) is 12.1 Å². The standard InChI is InChI=1S/C13H20N2O5S/c1-10(2)15-21(18,19)12-5-3-11(4-6-12)14-7-8-20-9-13(16)17/h3-6,10,14-15H,7-9H2,1-2H3,(H,16,17). The minimum Gasteiger partial charge on any atom is -0.480 e. The van der Waals surface area contributed by atoms with E-state index in [1.807, 2.05) is 0 Å². The number of hydrogen-bond donors (Lipinski definition) is 3. The number of sulfonamides is 1. The Morgan fingerprint density at radius 2 is 1.90 bits per heavy atom. The first-order valence-electron chi connectivity index (χ1n) is 6.47. The molecule has 1 aromatic carbocycles. The van der Waals surface area contributed by atoms with Gasteiger partial charge < -0.3 is 15.2 Å². The molecule has 0 aliphatic rings. The Balaban J connectivity index is 2.49. The van der Waals surface area contributed by atoms with Gasteiger partial charge in [0.25, 0.3) is 0 Å². The first kappa shape index (κ1) is 17.4. The molecule has 118 valence electrons. The molecule has 0 bridgehead atoms. The van der Waals surface area contributed by atoms with E-state index in [2.05, 4.69) is 10.0 Å². The van der Waals surface area contributed by atoms with Crippen LogP contribution in [0, 0.1) is 0 Å². The van der Waals surface area contributed by atoms with Gasteiger partial charge in [0.2, 0.25) is 10.0 Å². The van der Waals surface area contributed by atoms with Crippen molar-refractivity contribution < 1.29 is 23.1 Å². The zero-order chi connectivity index (χ0) is 15.9. The fourth-order valence-electron chi connectivity index (χ4n) is 1.56. The molecule has 0 atom stereocenters. The van der Waals surface area contributed by atoms with Crippen molar-refractivity contribution in [1.29, 1.82) is 0 Å². The normalized spacial score (nSPS) is 11.6. The Kier molecular flexibility index (Phi) is 6.60. The minimum atomic E-state index is -3.48. The van der Waals surface area contributed by atoms with Crippen LogP contribution in [0.5, 0.6) is 0 Å². The van der Waals surface area contributed by atoms with Gasteiger partial charge >= 0.3 is 5.97 Å². The van der Waals surface area contributed by atoms with E-state index in [1.54, 1.807) is 26.0 Å². The highest BCUT2D eigenvalue weighted by Gasteiger charge is 2.14. The number of rotatable bonds is 9. The van der Waals surface area contributed by atoms with E-state index < -0.39 is 16.0 Å². The molecule has 0 aromatic heterocycles. The second kappa shape index (κ2) is 7.96. The summed E-state index contributed by atoms with van der Waals surface area (Å²) in [6.07, 6.45) is 0. The Bertz CT molecular complexity index is 554. The fourth-order valence-corrected chi connectivity index (χ4v) is 2.81. The van der Waals surface area contributed by atoms with Crippen LogP contribution in [-0.2, 0) is 19.6 Å². The highest BCUT2D eigenvalue weighted by molar-refractivity contribution is 7.89. The summed E-state index contributed by atoms with van der Waals surface area (Å²) in [6.45, 7) is 3.86. The fraction of sp³-hybridized carbons (Fsp3) is 0.462. The topological polar surface area (TPSA) is 105 Å². The van der Waals surface area contributed by atoms with Gasteiger partial charge in [0, 0.05) is 18.3 Å². The molecular weight excluding hydrogens is 296 g/mol. The molecule has 0 heterocycles. The highest BCUT2D eigenvalue weighted by Crippen LogP contribution is 2.14. The molecule has 1 rings (SSSR count). The summed E-state index contributed by atoms with van der Waals surface area (Å²) in [5, 5.41) is 11.4. The monoisotopic (exact) mass is 316 g/mol. The number of benzene rings is 1. The molecule has 0 spiro atoms. The van der Waals surface area contributed by atoms with E-state index in [9.17, 15) is 13.2 Å².